The van der Waals surface area contributed by atoms with Crippen molar-refractivity contribution in [2.45, 2.75) is 45.2 Å². The average Bonchev–Trinajstić information content (AvgIpc) is 3.47. The molecule has 0 fully saturated rings. The van der Waals surface area contributed by atoms with Crippen molar-refractivity contribution in [1.29, 1.82) is 0 Å². The first-order valence-corrected chi connectivity index (χ1v) is 13.2. The van der Waals surface area contributed by atoms with Crippen molar-refractivity contribution < 1.29 is 22.8 Å². The molecule has 1 aromatic heterocycles. The largest absolute Gasteiger partial charge is 0.405 e. The summed E-state index contributed by atoms with van der Waals surface area (Å²) in [5.41, 5.74) is 5.24. The Morgan fingerprint density at radius 3 is 2.42 bits per heavy atom. The van der Waals surface area contributed by atoms with Crippen molar-refractivity contribution in [2.24, 2.45) is 0 Å². The minimum absolute atomic E-state index is 0.290. The van der Waals surface area contributed by atoms with Crippen LogP contribution in [-0.4, -0.2) is 34.1 Å². The number of hydrogen-bond donors (Lipinski definition) is 2. The third kappa shape index (κ3) is 5.36. The number of nitrogens with one attached hydrogen (secondary N) is 2. The topological polar surface area (TPSA) is 76.0 Å². The summed E-state index contributed by atoms with van der Waals surface area (Å²) in [6, 6.07) is 20.0. The fraction of sp³-hybridized carbons (Fsp3) is 0.258. The third-order valence-corrected chi connectivity index (χ3v) is 7.11. The molecule has 5 rings (SSSR count). The molecule has 9 heteroatoms. The molecular weight excluding hydrogens is 517 g/mol. The Morgan fingerprint density at radius 2 is 1.70 bits per heavy atom. The van der Waals surface area contributed by atoms with Gasteiger partial charge in [-0.2, -0.15) is 13.2 Å². The van der Waals surface area contributed by atoms with E-state index in [0.717, 1.165) is 40.8 Å². The van der Waals surface area contributed by atoms with Gasteiger partial charge in [0.1, 0.15) is 12.4 Å². The molecule has 1 heterocycles. The van der Waals surface area contributed by atoms with Gasteiger partial charge in [0.15, 0.2) is 5.82 Å². The highest BCUT2D eigenvalue weighted by Crippen LogP contribution is 2.48. The Balaban J connectivity index is 1.58. The molecule has 1 aliphatic rings. The normalized spacial score (nSPS) is 14.0. The van der Waals surface area contributed by atoms with Crippen LogP contribution in [0.25, 0.3) is 16.8 Å². The number of halogens is 3. The summed E-state index contributed by atoms with van der Waals surface area (Å²) >= 11 is 0. The van der Waals surface area contributed by atoms with E-state index < -0.39 is 24.5 Å². The van der Waals surface area contributed by atoms with Crippen LogP contribution in [0.4, 0.5) is 19.0 Å². The second-order valence-electron chi connectivity index (χ2n) is 9.84. The second-order valence-corrected chi connectivity index (χ2v) is 9.84. The van der Waals surface area contributed by atoms with Gasteiger partial charge in [0.2, 0.25) is 5.91 Å². The molecule has 0 saturated carbocycles. The zero-order valence-electron chi connectivity index (χ0n) is 22.2. The number of aryl methyl sites for hydroxylation is 1. The fourth-order valence-corrected chi connectivity index (χ4v) is 5.33. The van der Waals surface area contributed by atoms with E-state index in [4.69, 9.17) is 0 Å². The number of unbranched alkanes of at least 4 members (excludes halogenated alkanes) is 1. The molecule has 3 aromatic carbocycles. The quantitative estimate of drug-likeness (QED) is 0.263. The Bertz CT molecular complexity index is 1560. The number of fused-ring (bicyclic) bond motifs is 3. The lowest BCUT2D eigenvalue weighted by atomic mass is 9.88. The van der Waals surface area contributed by atoms with Crippen molar-refractivity contribution in [3.63, 3.8) is 0 Å². The number of carbonyl (C=O) groups excluding carboxylic acids is 2. The van der Waals surface area contributed by atoms with E-state index >= 15 is 0 Å². The summed E-state index contributed by atoms with van der Waals surface area (Å²) in [7, 11) is 0. The fourth-order valence-electron chi connectivity index (χ4n) is 5.33. The summed E-state index contributed by atoms with van der Waals surface area (Å²) in [6.45, 7) is 2.48. The Morgan fingerprint density at radius 1 is 0.975 bits per heavy atom. The minimum Gasteiger partial charge on any atom is -0.346 e. The number of benzene rings is 3. The molecule has 2 amide bonds. The van der Waals surface area contributed by atoms with Gasteiger partial charge in [-0.3, -0.25) is 9.59 Å². The van der Waals surface area contributed by atoms with Gasteiger partial charge in [-0.25, -0.2) is 4.98 Å². The molecule has 1 aliphatic carbocycles. The monoisotopic (exact) mass is 546 g/mol. The van der Waals surface area contributed by atoms with E-state index in [9.17, 15) is 22.8 Å². The lowest BCUT2D eigenvalue weighted by Crippen LogP contribution is -2.37. The van der Waals surface area contributed by atoms with Crippen molar-refractivity contribution in [2.75, 3.05) is 11.9 Å². The van der Waals surface area contributed by atoms with Crippen molar-refractivity contribution in [3.8, 4) is 16.8 Å². The van der Waals surface area contributed by atoms with Gasteiger partial charge in [-0.1, -0.05) is 61.9 Å². The molecule has 4 aromatic rings. The highest BCUT2D eigenvalue weighted by Gasteiger charge is 2.38. The van der Waals surface area contributed by atoms with Crippen LogP contribution in [0.3, 0.4) is 0 Å². The SMILES string of the molecule is CCCCc1c(-n2cc(NC(=O)c3ccccc3)nc2C)ccc2c1C(C(=O)NCC(F)(F)F)c1ccccc1-2. The minimum atomic E-state index is -4.52. The van der Waals surface area contributed by atoms with Crippen LogP contribution in [0.15, 0.2) is 72.9 Å². The second kappa shape index (κ2) is 11.0. The summed E-state index contributed by atoms with van der Waals surface area (Å²) in [5.74, 6) is -0.856. The standard InChI is InChI=1S/C31H29F3N4O2/c1-3-4-12-24-25(38-17-26(36-19(38)2)37-29(39)20-10-6-5-7-11-20)16-15-23-21-13-8-9-14-22(21)28(27(23)24)30(40)35-18-31(32,33)34/h5-11,13-17,28H,3-4,12,18H2,1-2H3,(H,35,40)(H,37,39). The van der Waals surface area contributed by atoms with Gasteiger partial charge in [-0.05, 0) is 65.8 Å². The first kappa shape index (κ1) is 27.2. The van der Waals surface area contributed by atoms with Gasteiger partial charge in [0, 0.05) is 5.56 Å². The number of rotatable bonds is 8. The number of amides is 2. The number of aromatic nitrogens is 2. The molecular formula is C31H29F3N4O2. The lowest BCUT2D eigenvalue weighted by molar-refractivity contribution is -0.138. The first-order chi connectivity index (χ1) is 19.2. The van der Waals surface area contributed by atoms with Gasteiger partial charge >= 0.3 is 6.18 Å². The zero-order chi connectivity index (χ0) is 28.4. The highest BCUT2D eigenvalue weighted by molar-refractivity contribution is 6.03. The summed E-state index contributed by atoms with van der Waals surface area (Å²) in [6.07, 6.45) is -0.453. The number of anilines is 1. The van der Waals surface area contributed by atoms with Crippen LogP contribution < -0.4 is 10.6 Å². The van der Waals surface area contributed by atoms with E-state index in [1.54, 1.807) is 42.6 Å². The van der Waals surface area contributed by atoms with Crippen LogP contribution in [-0.2, 0) is 11.2 Å². The molecule has 6 nitrogen and oxygen atoms in total. The molecule has 0 spiro atoms. The zero-order valence-corrected chi connectivity index (χ0v) is 22.2. The van der Waals surface area contributed by atoms with Crippen molar-refractivity contribution in [1.82, 2.24) is 14.9 Å². The molecule has 1 atom stereocenters. The number of carbonyl (C=O) groups is 2. The van der Waals surface area contributed by atoms with E-state index in [-0.39, 0.29) is 5.91 Å². The van der Waals surface area contributed by atoms with Gasteiger partial charge in [0.05, 0.1) is 17.8 Å². The molecule has 40 heavy (non-hydrogen) atoms. The maximum absolute atomic E-state index is 13.3. The lowest BCUT2D eigenvalue weighted by Gasteiger charge is -2.21. The van der Waals surface area contributed by atoms with Gasteiger partial charge in [-0.15, -0.1) is 0 Å². The average molecular weight is 547 g/mol. The summed E-state index contributed by atoms with van der Waals surface area (Å²) in [5, 5.41) is 4.95. The summed E-state index contributed by atoms with van der Waals surface area (Å²) in [4.78, 5) is 30.6. The maximum atomic E-state index is 13.3. The van der Waals surface area contributed by atoms with E-state index in [1.165, 1.54) is 0 Å². The third-order valence-electron chi connectivity index (χ3n) is 7.11. The molecule has 2 N–H and O–H groups in total. The molecule has 0 bridgehead atoms. The number of nitrogens with zero attached hydrogens (tertiary/aromatic N) is 2. The van der Waals surface area contributed by atoms with Crippen LogP contribution in [0.5, 0.6) is 0 Å². The molecule has 0 saturated heterocycles. The molecule has 0 radical (unpaired) electrons. The number of imidazole rings is 1. The van der Waals surface area contributed by atoms with E-state index in [2.05, 4.69) is 22.5 Å². The molecule has 206 valence electrons. The Kier molecular flexibility index (Phi) is 7.47. The maximum Gasteiger partial charge on any atom is 0.405 e. The Hall–Kier alpha value is -4.40. The predicted molar refractivity (Wildman–Crippen MR) is 148 cm³/mol. The first-order valence-electron chi connectivity index (χ1n) is 13.2. The number of alkyl halides is 3. The van der Waals surface area contributed by atoms with Gasteiger partial charge < -0.3 is 15.2 Å². The van der Waals surface area contributed by atoms with E-state index in [0.29, 0.717) is 29.2 Å². The smallest absolute Gasteiger partial charge is 0.346 e. The van der Waals surface area contributed by atoms with Crippen LogP contribution in [0.2, 0.25) is 0 Å². The van der Waals surface area contributed by atoms with Crippen LogP contribution in [0.1, 0.15) is 58.6 Å². The van der Waals surface area contributed by atoms with Gasteiger partial charge in [0.25, 0.3) is 5.91 Å². The number of hydrogen-bond acceptors (Lipinski definition) is 3. The Labute approximate surface area is 230 Å². The van der Waals surface area contributed by atoms with Crippen LogP contribution in [0, 0.1) is 6.92 Å². The van der Waals surface area contributed by atoms with Crippen molar-refractivity contribution >= 4 is 17.6 Å². The van der Waals surface area contributed by atoms with Crippen molar-refractivity contribution in [3.05, 3.63) is 101 Å². The molecule has 0 aliphatic heterocycles. The van der Waals surface area contributed by atoms with E-state index in [1.807, 2.05) is 41.8 Å². The molecule has 1 unspecified atom stereocenters. The highest BCUT2D eigenvalue weighted by atomic mass is 19.4. The van der Waals surface area contributed by atoms with Crippen LogP contribution >= 0.6 is 0 Å². The predicted octanol–water partition coefficient (Wildman–Crippen LogP) is 6.57. The summed E-state index contributed by atoms with van der Waals surface area (Å²) < 4.78 is 40.9.